The minimum Gasteiger partial charge on any atom is -0.453 e. The van der Waals surface area contributed by atoms with Crippen molar-refractivity contribution < 1.29 is 58.6 Å². The largest absolute Gasteiger partial charge is 0.453 e. The topological polar surface area (TPSA) is 59.1 Å². The second kappa shape index (κ2) is 12.4. The number of anilines is 1. The molecule has 0 N–H and O–H groups in total. The summed E-state index contributed by atoms with van der Waals surface area (Å²) in [4.78, 5) is 28.4. The Morgan fingerprint density at radius 3 is 1.98 bits per heavy atom. The van der Waals surface area contributed by atoms with Crippen LogP contribution in [0.15, 0.2) is 36.4 Å². The van der Waals surface area contributed by atoms with Gasteiger partial charge in [-0.05, 0) is 79.1 Å². The molecule has 1 heterocycles. The van der Waals surface area contributed by atoms with Crippen LogP contribution >= 0.6 is 0 Å². The number of benzene rings is 2. The molecule has 2 aromatic rings. The lowest BCUT2D eigenvalue weighted by molar-refractivity contribution is -0.143. The monoisotopic (exact) mass is 640 g/mol. The van der Waals surface area contributed by atoms with Gasteiger partial charge in [0.15, 0.2) is 0 Å². The van der Waals surface area contributed by atoms with Crippen molar-refractivity contribution in [3.05, 3.63) is 64.2 Å². The van der Waals surface area contributed by atoms with Crippen LogP contribution in [0, 0.1) is 5.92 Å². The molecule has 2 aromatic carbocycles. The van der Waals surface area contributed by atoms with E-state index in [1.165, 1.54) is 4.90 Å². The number of carbonyl (C=O) groups is 2. The van der Waals surface area contributed by atoms with E-state index in [1.807, 2.05) is 6.92 Å². The summed E-state index contributed by atoms with van der Waals surface area (Å²) in [5, 5.41) is 0. The zero-order valence-electron chi connectivity index (χ0n) is 23.6. The van der Waals surface area contributed by atoms with Crippen LogP contribution in [-0.4, -0.2) is 36.8 Å². The molecule has 0 saturated heterocycles. The molecule has 0 spiro atoms. The van der Waals surface area contributed by atoms with Gasteiger partial charge in [-0.25, -0.2) is 9.59 Å². The molecule has 44 heavy (non-hydrogen) atoms. The molecule has 0 aromatic heterocycles. The average molecular weight is 641 g/mol. The number of methoxy groups -OCH3 is 1. The van der Waals surface area contributed by atoms with Gasteiger partial charge in [0, 0.05) is 12.6 Å². The number of halogens is 9. The van der Waals surface area contributed by atoms with Gasteiger partial charge in [-0.3, -0.25) is 9.80 Å². The maximum atomic E-state index is 13.8. The van der Waals surface area contributed by atoms with Crippen LogP contribution in [-0.2, 0) is 34.5 Å². The van der Waals surface area contributed by atoms with Crippen molar-refractivity contribution in [2.75, 3.05) is 18.6 Å². The molecule has 1 aliphatic carbocycles. The van der Waals surface area contributed by atoms with E-state index in [1.54, 1.807) is 0 Å². The average Bonchev–Trinajstić information content (AvgIpc) is 3.78. The zero-order chi connectivity index (χ0) is 32.6. The number of carbonyl (C=O) groups excluding carboxylic acids is 2. The van der Waals surface area contributed by atoms with Crippen molar-refractivity contribution in [3.63, 3.8) is 0 Å². The number of rotatable bonds is 7. The predicted octanol–water partition coefficient (Wildman–Crippen LogP) is 8.98. The van der Waals surface area contributed by atoms with E-state index in [-0.39, 0.29) is 36.3 Å². The molecule has 15 heteroatoms. The first kappa shape index (κ1) is 33.2. The molecule has 2 aliphatic rings. The number of alkyl halides is 9. The Kier molecular flexibility index (Phi) is 9.36. The Bertz CT molecular complexity index is 1340. The van der Waals surface area contributed by atoms with Crippen molar-refractivity contribution in [2.45, 2.75) is 76.2 Å². The molecule has 1 fully saturated rings. The van der Waals surface area contributed by atoms with Gasteiger partial charge in [0.1, 0.15) is 0 Å². The quantitative estimate of drug-likeness (QED) is 0.224. The fourth-order valence-corrected chi connectivity index (χ4v) is 5.37. The predicted molar refractivity (Wildman–Crippen MR) is 138 cm³/mol. The van der Waals surface area contributed by atoms with Crippen LogP contribution in [0.25, 0.3) is 0 Å². The van der Waals surface area contributed by atoms with Gasteiger partial charge in [-0.2, -0.15) is 39.5 Å². The number of ether oxygens (including phenoxy) is 2. The van der Waals surface area contributed by atoms with Crippen LogP contribution in [0.4, 0.5) is 54.8 Å². The SMILES string of the molecule is CCCCOC(=O)N1c2ccc(C(F)(F)F)cc2[C@H](N(Cc2cc(C(F)(F)F)cc(C(F)(F)F)c2)C(=O)OC)C[C@@H]1C1CC1. The highest BCUT2D eigenvalue weighted by atomic mass is 19.4. The standard InChI is InChI=1S/C29H29F9N2O4/c1-3-4-9-44-26(42)40-22-8-7-18(27(30,31)32)13-21(22)24(14-23(40)17-5-6-17)39(25(41)43-2)15-16-10-19(28(33,34)35)12-20(11-16)29(36,37)38/h7-8,10-13,17,23-24H,3-6,9,14-15H2,1-2H3/t23-,24-/m1/s1. The van der Waals surface area contributed by atoms with E-state index in [4.69, 9.17) is 9.47 Å². The summed E-state index contributed by atoms with van der Waals surface area (Å²) >= 11 is 0. The van der Waals surface area contributed by atoms with Crippen LogP contribution in [0.1, 0.15) is 72.9 Å². The second-order valence-electron chi connectivity index (χ2n) is 10.8. The molecule has 2 amide bonds. The molecule has 1 saturated carbocycles. The molecule has 2 atom stereocenters. The van der Waals surface area contributed by atoms with E-state index in [9.17, 15) is 49.1 Å². The normalized spacial score (nSPS) is 18.9. The summed E-state index contributed by atoms with van der Waals surface area (Å²) in [6.07, 6.45) is -14.8. The molecule has 0 radical (unpaired) electrons. The summed E-state index contributed by atoms with van der Waals surface area (Å²) < 4.78 is 133. The van der Waals surface area contributed by atoms with Crippen molar-refractivity contribution >= 4 is 17.9 Å². The molecule has 4 rings (SSSR count). The van der Waals surface area contributed by atoms with E-state index in [2.05, 4.69) is 0 Å². The first-order valence-electron chi connectivity index (χ1n) is 13.8. The van der Waals surface area contributed by atoms with Gasteiger partial charge in [-0.1, -0.05) is 13.3 Å². The third-order valence-corrected chi connectivity index (χ3v) is 7.64. The minimum atomic E-state index is -5.17. The Morgan fingerprint density at radius 1 is 0.886 bits per heavy atom. The van der Waals surface area contributed by atoms with E-state index in [0.29, 0.717) is 37.8 Å². The van der Waals surface area contributed by atoms with Crippen LogP contribution < -0.4 is 4.90 Å². The summed E-state index contributed by atoms with van der Waals surface area (Å²) in [5.41, 5.74) is -5.14. The highest BCUT2D eigenvalue weighted by molar-refractivity contribution is 5.91. The van der Waals surface area contributed by atoms with Gasteiger partial charge in [0.05, 0.1) is 42.1 Å². The van der Waals surface area contributed by atoms with Gasteiger partial charge in [0.2, 0.25) is 0 Å². The third kappa shape index (κ3) is 7.34. The van der Waals surface area contributed by atoms with Gasteiger partial charge >= 0.3 is 30.7 Å². The highest BCUT2D eigenvalue weighted by Crippen LogP contribution is 2.50. The minimum absolute atomic E-state index is 0.0124. The number of nitrogens with zero attached hydrogens (tertiary/aromatic N) is 2. The van der Waals surface area contributed by atoms with Crippen molar-refractivity contribution in [3.8, 4) is 0 Å². The summed E-state index contributed by atoms with van der Waals surface area (Å²) in [7, 11) is 0.925. The van der Waals surface area contributed by atoms with E-state index < -0.39 is 71.6 Å². The number of hydrogen-bond donors (Lipinski definition) is 0. The van der Waals surface area contributed by atoms with E-state index >= 15 is 0 Å². The first-order chi connectivity index (χ1) is 20.5. The zero-order valence-corrected chi connectivity index (χ0v) is 23.6. The second-order valence-corrected chi connectivity index (χ2v) is 10.8. The lowest BCUT2D eigenvalue weighted by atomic mass is 9.86. The van der Waals surface area contributed by atoms with Crippen molar-refractivity contribution in [1.82, 2.24) is 4.90 Å². The Hall–Kier alpha value is -3.65. The fourth-order valence-electron chi connectivity index (χ4n) is 5.37. The van der Waals surface area contributed by atoms with Crippen LogP contribution in [0.5, 0.6) is 0 Å². The van der Waals surface area contributed by atoms with E-state index in [0.717, 1.165) is 30.2 Å². The van der Waals surface area contributed by atoms with Gasteiger partial charge in [0.25, 0.3) is 0 Å². The number of fused-ring (bicyclic) bond motifs is 1. The smallest absolute Gasteiger partial charge is 0.416 e. The maximum Gasteiger partial charge on any atom is 0.416 e. The van der Waals surface area contributed by atoms with Gasteiger partial charge in [-0.15, -0.1) is 0 Å². The molecule has 1 aliphatic heterocycles. The van der Waals surface area contributed by atoms with Crippen molar-refractivity contribution in [2.24, 2.45) is 5.92 Å². The number of amides is 2. The van der Waals surface area contributed by atoms with Crippen LogP contribution in [0.3, 0.4) is 0 Å². The molecule has 6 nitrogen and oxygen atoms in total. The number of unbranched alkanes of at least 4 members (excludes halogenated alkanes) is 1. The summed E-state index contributed by atoms with van der Waals surface area (Å²) in [6, 6.07) is 1.35. The molecule has 242 valence electrons. The van der Waals surface area contributed by atoms with Crippen molar-refractivity contribution in [1.29, 1.82) is 0 Å². The third-order valence-electron chi connectivity index (χ3n) is 7.64. The maximum absolute atomic E-state index is 13.8. The van der Waals surface area contributed by atoms with Gasteiger partial charge < -0.3 is 9.47 Å². The molecule has 0 unspecified atom stereocenters. The molecular formula is C29H29F9N2O4. The Morgan fingerprint density at radius 2 is 1.48 bits per heavy atom. The lowest BCUT2D eigenvalue weighted by Crippen LogP contribution is -2.50. The number of hydrogen-bond acceptors (Lipinski definition) is 4. The first-order valence-corrected chi connectivity index (χ1v) is 13.8. The summed E-state index contributed by atoms with van der Waals surface area (Å²) in [6.45, 7) is 1.05. The lowest BCUT2D eigenvalue weighted by Gasteiger charge is -2.44. The fraction of sp³-hybridized carbons (Fsp3) is 0.517. The Balaban J connectivity index is 1.86. The highest BCUT2D eigenvalue weighted by Gasteiger charge is 2.48. The molecule has 0 bridgehead atoms. The Labute approximate surface area is 246 Å². The van der Waals surface area contributed by atoms with Crippen LogP contribution in [0.2, 0.25) is 0 Å². The summed E-state index contributed by atoms with van der Waals surface area (Å²) in [5.74, 6) is -0.128. The molecular weight excluding hydrogens is 611 g/mol.